The smallest absolute Gasteiger partial charge is 0.309 e. The third-order valence-electron chi connectivity index (χ3n) is 8.95. The van der Waals surface area contributed by atoms with Crippen molar-refractivity contribution in [2.24, 2.45) is 28.6 Å². The highest BCUT2D eigenvalue weighted by molar-refractivity contribution is 5.72. The van der Waals surface area contributed by atoms with Crippen molar-refractivity contribution < 1.29 is 38.4 Å². The molecule has 1 aliphatic heterocycles. The predicted molar refractivity (Wildman–Crippen MR) is 137 cm³/mol. The number of hydrogen-bond acceptors (Lipinski definition) is 8. The van der Waals surface area contributed by atoms with Crippen LogP contribution in [0.2, 0.25) is 0 Å². The van der Waals surface area contributed by atoms with Gasteiger partial charge in [-0.25, -0.2) is 0 Å². The predicted octanol–water partition coefficient (Wildman–Crippen LogP) is 4.62. The van der Waals surface area contributed by atoms with E-state index in [1.807, 2.05) is 13.8 Å². The van der Waals surface area contributed by atoms with E-state index in [1.165, 1.54) is 13.8 Å². The Balaban J connectivity index is 2.19. The van der Waals surface area contributed by atoms with E-state index in [-0.39, 0.29) is 23.7 Å². The largest absolute Gasteiger partial charge is 0.458 e. The third kappa shape index (κ3) is 5.28. The van der Waals surface area contributed by atoms with Gasteiger partial charge in [0, 0.05) is 19.4 Å². The van der Waals surface area contributed by atoms with E-state index < -0.39 is 47.6 Å². The van der Waals surface area contributed by atoms with Gasteiger partial charge in [0.25, 0.3) is 0 Å². The summed E-state index contributed by atoms with van der Waals surface area (Å²) in [5.74, 6) is -1.99. The fraction of sp³-hybridized carbons (Fsp3) is 0.690. The maximum Gasteiger partial charge on any atom is 0.309 e. The van der Waals surface area contributed by atoms with Crippen LogP contribution in [0.5, 0.6) is 0 Å². The average molecular weight is 519 g/mol. The molecule has 8 heteroatoms. The zero-order valence-electron chi connectivity index (χ0n) is 23.0. The van der Waals surface area contributed by atoms with Gasteiger partial charge in [0.05, 0.1) is 17.4 Å². The number of rotatable bonds is 9. The van der Waals surface area contributed by atoms with Gasteiger partial charge < -0.3 is 19.3 Å². The Bertz CT molecular complexity index is 969. The van der Waals surface area contributed by atoms with Crippen LogP contribution in [0.25, 0.3) is 0 Å². The highest BCUT2D eigenvalue weighted by Gasteiger charge is 2.71. The topological polar surface area (TPSA) is 108 Å². The number of hydrogen-bond donors (Lipinski definition) is 1. The molecule has 9 atom stereocenters. The Morgan fingerprint density at radius 1 is 1.22 bits per heavy atom. The highest BCUT2D eigenvalue weighted by Crippen LogP contribution is 2.67. The van der Waals surface area contributed by atoms with Crippen molar-refractivity contribution in [2.45, 2.75) is 98.4 Å². The molecule has 206 valence electrons. The van der Waals surface area contributed by atoms with Crippen LogP contribution < -0.4 is 0 Å². The monoisotopic (exact) mass is 518 g/mol. The number of ether oxygens (including phenoxy) is 4. The molecule has 1 saturated heterocycles. The summed E-state index contributed by atoms with van der Waals surface area (Å²) < 4.78 is 23.2. The Kier molecular flexibility index (Phi) is 8.75. The normalized spacial score (nSPS) is 37.3. The van der Waals surface area contributed by atoms with Gasteiger partial charge in [0.15, 0.2) is 0 Å². The first-order valence-corrected chi connectivity index (χ1v) is 13.2. The lowest BCUT2D eigenvalue weighted by molar-refractivity contribution is -0.254. The number of allylic oxidation sites excluding steroid dienone is 2. The van der Waals surface area contributed by atoms with Crippen LogP contribution in [0.4, 0.5) is 0 Å². The lowest BCUT2D eigenvalue weighted by Crippen LogP contribution is -2.63. The van der Waals surface area contributed by atoms with Crippen LogP contribution in [-0.4, -0.2) is 47.8 Å². The molecule has 0 bridgehead atoms. The summed E-state index contributed by atoms with van der Waals surface area (Å²) in [6.45, 7) is 18.5. The molecule has 1 heterocycles. The van der Waals surface area contributed by atoms with Gasteiger partial charge in [-0.15, -0.1) is 0 Å². The van der Waals surface area contributed by atoms with Crippen molar-refractivity contribution in [1.29, 1.82) is 0 Å². The first kappa shape index (κ1) is 29.1. The van der Waals surface area contributed by atoms with Crippen LogP contribution in [0.3, 0.4) is 0 Å². The Labute approximate surface area is 220 Å². The standard InChI is InChI=1S/C29H42O8/c1-9-16(3)11-12-28(8)18(5)13-24(32)29-22(26(34-19(6)30)37-27(29)35-20(7)31)14-21(15-23(28)29)36-25(33)17(4)10-2/h9,14,17-18,21,23-24,26-27,32H,1,3,10-13,15H2,2,4-8H3/t17-,18-,21+,23+,24+,26+,27+,28-,29-/m1/s1. The molecule has 1 spiro atoms. The van der Waals surface area contributed by atoms with Crippen LogP contribution >= 0.6 is 0 Å². The van der Waals surface area contributed by atoms with Crippen molar-refractivity contribution in [3.8, 4) is 0 Å². The van der Waals surface area contributed by atoms with Crippen LogP contribution in [0, 0.1) is 28.6 Å². The molecular formula is C29H42O8. The molecule has 2 fully saturated rings. The quantitative estimate of drug-likeness (QED) is 0.204. The second-order valence-corrected chi connectivity index (χ2v) is 11.2. The van der Waals surface area contributed by atoms with Gasteiger partial charge in [-0.1, -0.05) is 52.5 Å². The lowest BCUT2D eigenvalue weighted by atomic mass is 9.45. The minimum Gasteiger partial charge on any atom is -0.458 e. The summed E-state index contributed by atoms with van der Waals surface area (Å²) in [7, 11) is 0. The first-order chi connectivity index (χ1) is 17.3. The van der Waals surface area contributed by atoms with E-state index in [9.17, 15) is 19.5 Å². The van der Waals surface area contributed by atoms with E-state index >= 15 is 0 Å². The molecule has 0 aromatic rings. The molecule has 0 radical (unpaired) electrons. The molecule has 0 amide bonds. The average Bonchev–Trinajstić information content (AvgIpc) is 3.12. The molecule has 0 aromatic heterocycles. The van der Waals surface area contributed by atoms with E-state index in [0.29, 0.717) is 31.3 Å². The van der Waals surface area contributed by atoms with E-state index in [1.54, 1.807) is 12.2 Å². The highest BCUT2D eigenvalue weighted by atomic mass is 16.8. The minimum atomic E-state index is -1.18. The molecule has 1 saturated carbocycles. The van der Waals surface area contributed by atoms with Gasteiger partial charge in [-0.05, 0) is 55.4 Å². The van der Waals surface area contributed by atoms with Gasteiger partial charge in [-0.2, -0.15) is 0 Å². The van der Waals surface area contributed by atoms with Gasteiger partial charge >= 0.3 is 17.9 Å². The van der Waals surface area contributed by atoms with Crippen LogP contribution in [0.15, 0.2) is 36.5 Å². The maximum absolute atomic E-state index is 12.8. The summed E-state index contributed by atoms with van der Waals surface area (Å²) in [6.07, 6.45) is 2.45. The zero-order valence-corrected chi connectivity index (χ0v) is 23.0. The van der Waals surface area contributed by atoms with E-state index in [0.717, 1.165) is 12.0 Å². The zero-order chi connectivity index (χ0) is 27.7. The molecule has 3 aliphatic rings. The SMILES string of the molecule is C=CC(=C)CC[C@]1(C)[C@H](C)C[C@H](O)[C@@]23C(=C[C@H](OC(=O)[C@H](C)CC)C[C@@H]12)[C@@H](OC(C)=O)O[C@@H]3OC(C)=O. The molecule has 2 aliphatic carbocycles. The van der Waals surface area contributed by atoms with Crippen molar-refractivity contribution in [3.05, 3.63) is 36.5 Å². The molecule has 0 aromatic carbocycles. The summed E-state index contributed by atoms with van der Waals surface area (Å²) in [5.41, 5.74) is -0.169. The molecular weight excluding hydrogens is 476 g/mol. The molecule has 37 heavy (non-hydrogen) atoms. The second kappa shape index (κ2) is 11.1. The molecule has 3 rings (SSSR count). The minimum absolute atomic E-state index is 0.0757. The number of esters is 3. The summed E-state index contributed by atoms with van der Waals surface area (Å²) in [6, 6.07) is 0. The van der Waals surface area contributed by atoms with Gasteiger partial charge in [0.1, 0.15) is 6.10 Å². The fourth-order valence-corrected chi connectivity index (χ4v) is 6.45. The van der Waals surface area contributed by atoms with Gasteiger partial charge in [-0.3, -0.25) is 19.1 Å². The Morgan fingerprint density at radius 3 is 2.43 bits per heavy atom. The second-order valence-electron chi connectivity index (χ2n) is 11.2. The third-order valence-corrected chi connectivity index (χ3v) is 8.95. The maximum atomic E-state index is 12.8. The molecule has 0 unspecified atom stereocenters. The number of carbonyl (C=O) groups excluding carboxylic acids is 3. The molecule has 1 N–H and O–H groups in total. The molecule has 8 nitrogen and oxygen atoms in total. The Hall–Kier alpha value is -2.45. The van der Waals surface area contributed by atoms with Crippen molar-refractivity contribution in [1.82, 2.24) is 0 Å². The number of carbonyl (C=O) groups is 3. The number of aliphatic hydroxyl groups is 1. The van der Waals surface area contributed by atoms with E-state index in [4.69, 9.17) is 18.9 Å². The van der Waals surface area contributed by atoms with Crippen molar-refractivity contribution in [2.75, 3.05) is 0 Å². The summed E-state index contributed by atoms with van der Waals surface area (Å²) >= 11 is 0. The Morgan fingerprint density at radius 2 is 1.86 bits per heavy atom. The van der Waals surface area contributed by atoms with E-state index in [2.05, 4.69) is 27.0 Å². The van der Waals surface area contributed by atoms with Crippen molar-refractivity contribution >= 4 is 17.9 Å². The van der Waals surface area contributed by atoms with Gasteiger partial charge in [0.2, 0.25) is 12.6 Å². The summed E-state index contributed by atoms with van der Waals surface area (Å²) in [5, 5.41) is 11.7. The van der Waals surface area contributed by atoms with Crippen LogP contribution in [0.1, 0.15) is 73.6 Å². The van der Waals surface area contributed by atoms with Crippen molar-refractivity contribution in [3.63, 3.8) is 0 Å². The number of aliphatic hydroxyl groups excluding tert-OH is 1. The lowest BCUT2D eigenvalue weighted by Gasteiger charge is -2.60. The first-order valence-electron chi connectivity index (χ1n) is 13.2. The summed E-state index contributed by atoms with van der Waals surface area (Å²) in [4.78, 5) is 37.0. The van der Waals surface area contributed by atoms with Crippen LogP contribution in [-0.2, 0) is 33.3 Å². The fourth-order valence-electron chi connectivity index (χ4n) is 6.45.